The number of thioether (sulfide) groups is 1. The van der Waals surface area contributed by atoms with Crippen molar-refractivity contribution < 1.29 is 14.3 Å². The van der Waals surface area contributed by atoms with Crippen molar-refractivity contribution in [3.05, 3.63) is 0 Å². The molecule has 0 radical (unpaired) electrons. The molecule has 0 bridgehead atoms. The molecule has 1 saturated heterocycles. The minimum absolute atomic E-state index is 0.0902. The number of hydrogen-bond acceptors (Lipinski definition) is 4. The van der Waals surface area contributed by atoms with Crippen LogP contribution in [0.3, 0.4) is 0 Å². The fourth-order valence-electron chi connectivity index (χ4n) is 0.892. The Bertz CT molecular complexity index is 292. The van der Waals surface area contributed by atoms with Crippen molar-refractivity contribution in [2.45, 2.75) is 13.3 Å². The van der Waals surface area contributed by atoms with Gasteiger partial charge in [0.15, 0.2) is 5.12 Å². The average molecular weight is 213 g/mol. The Morgan fingerprint density at radius 3 is 3.07 bits per heavy atom. The monoisotopic (exact) mass is 213 g/mol. The maximum atomic E-state index is 10.9. The quantitative estimate of drug-likeness (QED) is 0.508. The third-order valence-corrected chi connectivity index (χ3v) is 2.32. The van der Waals surface area contributed by atoms with Gasteiger partial charge in [-0.2, -0.15) is 0 Å². The summed E-state index contributed by atoms with van der Waals surface area (Å²) in [5.74, 6) is 3.49. The van der Waals surface area contributed by atoms with Crippen LogP contribution in [0.1, 0.15) is 13.3 Å². The highest BCUT2D eigenvalue weighted by Gasteiger charge is 2.19. The first-order valence-corrected chi connectivity index (χ1v) is 5.25. The zero-order valence-corrected chi connectivity index (χ0v) is 8.73. The van der Waals surface area contributed by atoms with Crippen LogP contribution >= 0.6 is 11.8 Å². The van der Waals surface area contributed by atoms with Crippen molar-refractivity contribution in [3.8, 4) is 12.0 Å². The van der Waals surface area contributed by atoms with E-state index in [1.54, 1.807) is 0 Å². The lowest BCUT2D eigenvalue weighted by molar-refractivity contribution is -0.109. The van der Waals surface area contributed by atoms with Crippen LogP contribution in [0.4, 0.5) is 4.79 Å². The molecule has 0 atom stereocenters. The van der Waals surface area contributed by atoms with E-state index in [0.29, 0.717) is 25.3 Å². The number of amides is 1. The van der Waals surface area contributed by atoms with Crippen molar-refractivity contribution in [2.24, 2.45) is 0 Å². The molecule has 0 aromatic heterocycles. The number of nitrogens with zero attached hydrogens (tertiary/aromatic N) is 1. The highest BCUT2D eigenvalue weighted by Crippen LogP contribution is 2.03. The zero-order valence-electron chi connectivity index (χ0n) is 7.91. The van der Waals surface area contributed by atoms with Gasteiger partial charge in [0.25, 0.3) is 0 Å². The van der Waals surface area contributed by atoms with Crippen LogP contribution in [-0.2, 0) is 9.53 Å². The number of rotatable bonds is 2. The molecule has 1 aliphatic rings. The number of cyclic esters (lactones) is 1. The summed E-state index contributed by atoms with van der Waals surface area (Å²) in [5.41, 5.74) is 0. The first-order chi connectivity index (χ1) is 6.70. The summed E-state index contributed by atoms with van der Waals surface area (Å²) in [6.45, 7) is 2.47. The molecule has 0 saturated carbocycles. The molecule has 5 heteroatoms. The first kappa shape index (κ1) is 10.9. The summed E-state index contributed by atoms with van der Waals surface area (Å²) in [5, 5.41) is 0.0902. The molecule has 0 spiro atoms. The van der Waals surface area contributed by atoms with Crippen molar-refractivity contribution >= 4 is 23.0 Å². The molecule has 1 amide bonds. The van der Waals surface area contributed by atoms with E-state index in [1.807, 2.05) is 0 Å². The molecule has 0 unspecified atom stereocenters. The molecule has 0 aromatic rings. The van der Waals surface area contributed by atoms with Crippen molar-refractivity contribution in [1.29, 1.82) is 0 Å². The van der Waals surface area contributed by atoms with E-state index in [2.05, 4.69) is 16.7 Å². The van der Waals surface area contributed by atoms with E-state index >= 15 is 0 Å². The molecule has 1 aliphatic heterocycles. The molecular weight excluding hydrogens is 202 g/mol. The van der Waals surface area contributed by atoms with Gasteiger partial charge in [-0.1, -0.05) is 17.7 Å². The standard InChI is InChI=1S/C9H11NO3S/c1-8(11)14-7-3-2-4-10-5-6-13-9(10)12/h3,5-7H2,1H3. The summed E-state index contributed by atoms with van der Waals surface area (Å²) in [4.78, 5) is 22.8. The average Bonchev–Trinajstić information content (AvgIpc) is 2.51. The smallest absolute Gasteiger partial charge is 0.421 e. The second-order valence-corrected chi connectivity index (χ2v) is 3.92. The van der Waals surface area contributed by atoms with Crippen LogP contribution in [0.25, 0.3) is 0 Å². The Kier molecular flexibility index (Phi) is 4.33. The maximum absolute atomic E-state index is 10.9. The molecule has 4 nitrogen and oxygen atoms in total. The Morgan fingerprint density at radius 1 is 1.71 bits per heavy atom. The fourth-order valence-corrected chi connectivity index (χ4v) is 1.38. The van der Waals surface area contributed by atoms with E-state index in [4.69, 9.17) is 0 Å². The molecule has 14 heavy (non-hydrogen) atoms. The predicted octanol–water partition coefficient (Wildman–Crippen LogP) is 1.07. The van der Waals surface area contributed by atoms with Gasteiger partial charge in [-0.3, -0.25) is 4.79 Å². The summed E-state index contributed by atoms with van der Waals surface area (Å²) in [6, 6.07) is 2.69. The molecule has 0 N–H and O–H groups in total. The summed E-state index contributed by atoms with van der Waals surface area (Å²) in [6.07, 6.45) is 0.227. The SMILES string of the molecule is CC(=O)SCCC#CN1CCOC1=O. The second kappa shape index (κ2) is 5.55. The summed E-state index contributed by atoms with van der Waals surface area (Å²) < 4.78 is 4.69. The van der Waals surface area contributed by atoms with E-state index in [0.717, 1.165) is 0 Å². The summed E-state index contributed by atoms with van der Waals surface area (Å²) >= 11 is 1.24. The van der Waals surface area contributed by atoms with Crippen molar-refractivity contribution in [1.82, 2.24) is 4.90 Å². The van der Waals surface area contributed by atoms with Crippen molar-refractivity contribution in [2.75, 3.05) is 18.9 Å². The Labute approximate surface area is 87.0 Å². The normalized spacial score (nSPS) is 14.6. The molecule has 1 rings (SSSR count). The topological polar surface area (TPSA) is 46.6 Å². The van der Waals surface area contributed by atoms with E-state index in [9.17, 15) is 9.59 Å². The molecule has 0 aliphatic carbocycles. The molecule has 1 fully saturated rings. The van der Waals surface area contributed by atoms with E-state index in [1.165, 1.54) is 23.6 Å². The van der Waals surface area contributed by atoms with Crippen LogP contribution in [0, 0.1) is 12.0 Å². The minimum Gasteiger partial charge on any atom is -0.447 e. The van der Waals surface area contributed by atoms with Gasteiger partial charge in [0.2, 0.25) is 0 Å². The van der Waals surface area contributed by atoms with Crippen LogP contribution in [0.15, 0.2) is 0 Å². The van der Waals surface area contributed by atoms with Crippen LogP contribution in [0.2, 0.25) is 0 Å². The van der Waals surface area contributed by atoms with Gasteiger partial charge in [-0.05, 0) is 0 Å². The van der Waals surface area contributed by atoms with Gasteiger partial charge in [0.05, 0.1) is 6.54 Å². The molecule has 76 valence electrons. The Morgan fingerprint density at radius 2 is 2.50 bits per heavy atom. The lowest BCUT2D eigenvalue weighted by Crippen LogP contribution is -2.17. The summed E-state index contributed by atoms with van der Waals surface area (Å²) in [7, 11) is 0. The molecular formula is C9H11NO3S. The van der Waals surface area contributed by atoms with Gasteiger partial charge in [-0.15, -0.1) is 0 Å². The lowest BCUT2D eigenvalue weighted by atomic mass is 10.5. The Hall–Kier alpha value is -1.15. The number of ether oxygens (including phenoxy) is 1. The third-order valence-electron chi connectivity index (χ3n) is 1.51. The second-order valence-electron chi connectivity index (χ2n) is 2.64. The number of carbonyl (C=O) groups is 2. The van der Waals surface area contributed by atoms with Crippen LogP contribution in [0.5, 0.6) is 0 Å². The van der Waals surface area contributed by atoms with Crippen molar-refractivity contribution in [3.63, 3.8) is 0 Å². The van der Waals surface area contributed by atoms with Crippen LogP contribution < -0.4 is 0 Å². The fraction of sp³-hybridized carbons (Fsp3) is 0.556. The van der Waals surface area contributed by atoms with E-state index < -0.39 is 0 Å². The van der Waals surface area contributed by atoms with Gasteiger partial charge in [0, 0.05) is 25.1 Å². The highest BCUT2D eigenvalue weighted by atomic mass is 32.2. The third kappa shape index (κ3) is 3.71. The van der Waals surface area contributed by atoms with Gasteiger partial charge >= 0.3 is 6.09 Å². The highest BCUT2D eigenvalue weighted by molar-refractivity contribution is 8.13. The number of hydrogen-bond donors (Lipinski definition) is 0. The van der Waals surface area contributed by atoms with Gasteiger partial charge in [0.1, 0.15) is 6.61 Å². The van der Waals surface area contributed by atoms with Gasteiger partial charge in [-0.25, -0.2) is 9.69 Å². The van der Waals surface area contributed by atoms with Crippen LogP contribution in [-0.4, -0.2) is 35.0 Å². The minimum atomic E-state index is -0.378. The molecule has 0 aromatic carbocycles. The van der Waals surface area contributed by atoms with Gasteiger partial charge < -0.3 is 4.74 Å². The first-order valence-electron chi connectivity index (χ1n) is 4.26. The molecule has 1 heterocycles. The lowest BCUT2D eigenvalue weighted by Gasteiger charge is -1.99. The zero-order chi connectivity index (χ0) is 10.4. The predicted molar refractivity (Wildman–Crippen MR) is 53.6 cm³/mol. The number of carbonyl (C=O) groups excluding carboxylic acids is 2. The maximum Gasteiger partial charge on any atom is 0.421 e. The van der Waals surface area contributed by atoms with E-state index in [-0.39, 0.29) is 11.2 Å². The Balaban J connectivity index is 2.19. The largest absolute Gasteiger partial charge is 0.447 e.